The van der Waals surface area contributed by atoms with E-state index in [0.717, 1.165) is 11.3 Å². The molecule has 0 aromatic carbocycles. The molecule has 1 saturated heterocycles. The molecular weight excluding hydrogens is 278 g/mol. The van der Waals surface area contributed by atoms with Crippen molar-refractivity contribution in [2.45, 2.75) is 51.5 Å². The number of β-lactam (4-membered cyclic amide) rings is 1. The molecule has 2 aliphatic rings. The largest absolute Gasteiger partial charge is 0.477 e. The average Bonchev–Trinajstić information content (AvgIpc) is 2.58. The molecule has 1 fully saturated rings. The van der Waals surface area contributed by atoms with E-state index in [4.69, 9.17) is 0 Å². The highest BCUT2D eigenvalue weighted by Gasteiger charge is 2.60. The molecule has 2 N–H and O–H groups in total. The first kappa shape index (κ1) is 15.4. The smallest absolute Gasteiger partial charge is 0.353 e. The van der Waals surface area contributed by atoms with Gasteiger partial charge < -0.3 is 15.1 Å². The number of rotatable bonds is 5. The summed E-state index contributed by atoms with van der Waals surface area (Å²) in [6.45, 7) is 7.61. The van der Waals surface area contributed by atoms with E-state index < -0.39 is 18.0 Å². The van der Waals surface area contributed by atoms with Crippen LogP contribution in [0.4, 0.5) is 0 Å². The quantitative estimate of drug-likeness (QED) is 0.755. The number of carboxylic acid groups (broad SMARTS) is 1. The Morgan fingerprint density at radius 3 is 2.40 bits per heavy atom. The lowest BCUT2D eigenvalue weighted by Crippen LogP contribution is -2.63. The fraction of sp³-hybridized carbons (Fsp3) is 0.714. The van der Waals surface area contributed by atoms with Crippen molar-refractivity contribution in [3.63, 3.8) is 0 Å². The molecule has 20 heavy (non-hydrogen) atoms. The zero-order valence-corrected chi connectivity index (χ0v) is 13.0. The number of aliphatic hydroxyl groups is 1. The fourth-order valence-corrected chi connectivity index (χ4v) is 4.48. The SMILES string of the molecule is CC[C@H]1C(SC(C)C)=C(C(=O)O)N2C(=O)[C@H]([C@@H](C)O)[C@@H]12. The first-order valence-corrected chi connectivity index (χ1v) is 7.84. The number of carboxylic acids is 1. The molecule has 0 unspecified atom stereocenters. The van der Waals surface area contributed by atoms with Crippen molar-refractivity contribution in [1.29, 1.82) is 0 Å². The van der Waals surface area contributed by atoms with Gasteiger partial charge in [0.1, 0.15) is 5.70 Å². The topological polar surface area (TPSA) is 77.8 Å². The summed E-state index contributed by atoms with van der Waals surface area (Å²) < 4.78 is 0. The van der Waals surface area contributed by atoms with E-state index in [0.29, 0.717) is 0 Å². The van der Waals surface area contributed by atoms with Gasteiger partial charge in [0.15, 0.2) is 0 Å². The van der Waals surface area contributed by atoms with Crippen molar-refractivity contribution in [2.24, 2.45) is 11.8 Å². The van der Waals surface area contributed by atoms with Crippen LogP contribution < -0.4 is 0 Å². The van der Waals surface area contributed by atoms with E-state index >= 15 is 0 Å². The number of aliphatic carboxylic acids is 1. The summed E-state index contributed by atoms with van der Waals surface area (Å²) in [4.78, 5) is 25.9. The number of carbonyl (C=O) groups is 2. The van der Waals surface area contributed by atoms with Gasteiger partial charge >= 0.3 is 5.97 Å². The Bertz CT molecular complexity index is 472. The summed E-state index contributed by atoms with van der Waals surface area (Å²) in [5, 5.41) is 19.5. The van der Waals surface area contributed by atoms with E-state index in [1.807, 2.05) is 20.8 Å². The molecular formula is C14H21NO4S. The molecule has 0 aromatic rings. The van der Waals surface area contributed by atoms with Crippen molar-refractivity contribution >= 4 is 23.6 Å². The van der Waals surface area contributed by atoms with Crippen LogP contribution in [0.1, 0.15) is 34.1 Å². The highest BCUT2D eigenvalue weighted by atomic mass is 32.2. The Morgan fingerprint density at radius 2 is 2.00 bits per heavy atom. The number of thioether (sulfide) groups is 1. The summed E-state index contributed by atoms with van der Waals surface area (Å²) in [7, 11) is 0. The molecule has 0 radical (unpaired) electrons. The second kappa shape index (κ2) is 5.41. The van der Waals surface area contributed by atoms with Gasteiger partial charge in [-0.3, -0.25) is 4.79 Å². The third-order valence-electron chi connectivity index (χ3n) is 3.94. The van der Waals surface area contributed by atoms with Gasteiger partial charge in [0.2, 0.25) is 5.91 Å². The van der Waals surface area contributed by atoms with Crippen LogP contribution in [0.25, 0.3) is 0 Å². The molecule has 6 heteroatoms. The normalized spacial score (nSPS) is 30.6. The number of aliphatic hydroxyl groups excluding tert-OH is 1. The lowest BCUT2D eigenvalue weighted by atomic mass is 9.77. The van der Waals surface area contributed by atoms with Gasteiger partial charge in [0, 0.05) is 16.1 Å². The van der Waals surface area contributed by atoms with E-state index in [9.17, 15) is 19.8 Å². The van der Waals surface area contributed by atoms with E-state index in [2.05, 4.69) is 0 Å². The Kier molecular flexibility index (Phi) is 4.16. The summed E-state index contributed by atoms with van der Waals surface area (Å²) in [5.41, 5.74) is 0.127. The zero-order chi connectivity index (χ0) is 15.2. The second-order valence-electron chi connectivity index (χ2n) is 5.66. The highest BCUT2D eigenvalue weighted by molar-refractivity contribution is 8.03. The predicted molar refractivity (Wildman–Crippen MR) is 77.0 cm³/mol. The van der Waals surface area contributed by atoms with Crippen molar-refractivity contribution in [1.82, 2.24) is 4.90 Å². The van der Waals surface area contributed by atoms with Gasteiger partial charge in [-0.2, -0.15) is 0 Å². The first-order chi connectivity index (χ1) is 9.31. The maximum Gasteiger partial charge on any atom is 0.353 e. The summed E-state index contributed by atoms with van der Waals surface area (Å²) in [5.74, 6) is -1.77. The lowest BCUT2D eigenvalue weighted by Gasteiger charge is -2.46. The number of carbonyl (C=O) groups excluding carboxylic acids is 1. The van der Waals surface area contributed by atoms with Crippen LogP contribution in [0, 0.1) is 11.8 Å². The monoisotopic (exact) mass is 299 g/mol. The van der Waals surface area contributed by atoms with Gasteiger partial charge in [-0.1, -0.05) is 20.8 Å². The third kappa shape index (κ3) is 2.15. The van der Waals surface area contributed by atoms with Crippen LogP contribution in [0.2, 0.25) is 0 Å². The molecule has 0 spiro atoms. The number of hydrogen-bond donors (Lipinski definition) is 2. The zero-order valence-electron chi connectivity index (χ0n) is 12.2. The highest BCUT2D eigenvalue weighted by Crippen LogP contribution is 2.52. The summed E-state index contributed by atoms with van der Waals surface area (Å²) in [6.07, 6.45) is 0.0278. The van der Waals surface area contributed by atoms with Crippen LogP contribution in [-0.4, -0.2) is 44.4 Å². The summed E-state index contributed by atoms with van der Waals surface area (Å²) >= 11 is 1.52. The van der Waals surface area contributed by atoms with Crippen molar-refractivity contribution in [2.75, 3.05) is 0 Å². The maximum absolute atomic E-state index is 12.2. The Morgan fingerprint density at radius 1 is 1.40 bits per heavy atom. The van der Waals surface area contributed by atoms with E-state index in [1.165, 1.54) is 16.7 Å². The van der Waals surface area contributed by atoms with Gasteiger partial charge in [-0.05, 0) is 13.3 Å². The molecule has 112 valence electrons. The standard InChI is InChI=1S/C14H21NO4S/c1-5-8-10-9(7(4)16)13(17)15(10)11(14(18)19)12(8)20-6(2)3/h6-10,16H,5H2,1-4H3,(H,18,19)/t7-,8-,9-,10-/m1/s1. The number of hydrogen-bond acceptors (Lipinski definition) is 4. The van der Waals surface area contributed by atoms with Crippen LogP contribution >= 0.6 is 11.8 Å². The molecule has 2 aliphatic heterocycles. The molecule has 5 nitrogen and oxygen atoms in total. The molecule has 4 atom stereocenters. The van der Waals surface area contributed by atoms with Gasteiger partial charge in [0.05, 0.1) is 18.1 Å². The van der Waals surface area contributed by atoms with Crippen LogP contribution in [0.15, 0.2) is 10.6 Å². The molecule has 0 saturated carbocycles. The van der Waals surface area contributed by atoms with E-state index in [-0.39, 0.29) is 28.8 Å². The number of nitrogens with zero attached hydrogens (tertiary/aromatic N) is 1. The molecule has 0 bridgehead atoms. The molecule has 0 aromatic heterocycles. The minimum absolute atomic E-state index is 0.0193. The molecule has 0 aliphatic carbocycles. The van der Waals surface area contributed by atoms with Crippen molar-refractivity contribution in [3.05, 3.63) is 10.6 Å². The second-order valence-corrected chi connectivity index (χ2v) is 7.28. The minimum atomic E-state index is -1.05. The molecule has 2 rings (SSSR count). The van der Waals surface area contributed by atoms with Crippen molar-refractivity contribution in [3.8, 4) is 0 Å². The Hall–Kier alpha value is -1.01. The maximum atomic E-state index is 12.2. The Balaban J connectivity index is 2.42. The third-order valence-corrected chi connectivity index (χ3v) is 5.16. The van der Waals surface area contributed by atoms with Crippen molar-refractivity contribution < 1.29 is 19.8 Å². The van der Waals surface area contributed by atoms with Gasteiger partial charge in [-0.15, -0.1) is 11.8 Å². The number of fused-ring (bicyclic) bond motifs is 1. The summed E-state index contributed by atoms with van der Waals surface area (Å²) in [6, 6.07) is -0.195. The minimum Gasteiger partial charge on any atom is -0.477 e. The van der Waals surface area contributed by atoms with E-state index in [1.54, 1.807) is 6.92 Å². The van der Waals surface area contributed by atoms with Crippen LogP contribution in [-0.2, 0) is 9.59 Å². The first-order valence-electron chi connectivity index (χ1n) is 6.96. The van der Waals surface area contributed by atoms with Gasteiger partial charge in [-0.25, -0.2) is 4.79 Å². The number of amides is 1. The lowest BCUT2D eigenvalue weighted by molar-refractivity contribution is -0.163. The molecule has 1 amide bonds. The van der Waals surface area contributed by atoms with Crippen LogP contribution in [0.3, 0.4) is 0 Å². The molecule has 2 heterocycles. The predicted octanol–water partition coefficient (Wildman–Crippen LogP) is 1.67. The van der Waals surface area contributed by atoms with Crippen LogP contribution in [0.5, 0.6) is 0 Å². The average molecular weight is 299 g/mol. The fourth-order valence-electron chi connectivity index (χ4n) is 3.20. The van der Waals surface area contributed by atoms with Gasteiger partial charge in [0.25, 0.3) is 0 Å². The Labute approximate surface area is 123 Å².